The van der Waals surface area contributed by atoms with Gasteiger partial charge in [0.25, 0.3) is 0 Å². The maximum Gasteiger partial charge on any atom is 0.338 e. The fourth-order valence-corrected chi connectivity index (χ4v) is 5.73. The fourth-order valence-electron chi connectivity index (χ4n) is 4.04. The molecule has 1 aliphatic heterocycles. The maximum atomic E-state index is 13.3. The van der Waals surface area contributed by atoms with E-state index in [4.69, 9.17) is 35.9 Å². The van der Waals surface area contributed by atoms with Gasteiger partial charge >= 0.3 is 5.97 Å². The van der Waals surface area contributed by atoms with Crippen LogP contribution in [0.4, 0.5) is 5.95 Å². The highest BCUT2D eigenvalue weighted by Crippen LogP contribution is 2.43. The van der Waals surface area contributed by atoms with Crippen LogP contribution in [-0.2, 0) is 15.3 Å². The summed E-state index contributed by atoms with van der Waals surface area (Å²) in [4.78, 5) is 18.0. The number of esters is 1. The highest BCUT2D eigenvalue weighted by Gasteiger charge is 2.36. The van der Waals surface area contributed by atoms with Crippen LogP contribution in [0.3, 0.4) is 0 Å². The number of carbonyl (C=O) groups excluding carboxylic acids is 1. The highest BCUT2D eigenvalue weighted by atomic mass is 79.9. The van der Waals surface area contributed by atoms with E-state index < -0.39 is 12.0 Å². The second-order valence-electron chi connectivity index (χ2n) is 8.63. The number of aromatic nitrogens is 3. The van der Waals surface area contributed by atoms with Crippen molar-refractivity contribution in [1.82, 2.24) is 14.8 Å². The third kappa shape index (κ3) is 6.13. The predicted molar refractivity (Wildman–Crippen MR) is 153 cm³/mol. The summed E-state index contributed by atoms with van der Waals surface area (Å²) >= 11 is 11.4. The smallest absolute Gasteiger partial charge is 0.338 e. The van der Waals surface area contributed by atoms with Gasteiger partial charge in [-0.25, -0.2) is 9.48 Å². The Morgan fingerprint density at radius 3 is 2.68 bits per heavy atom. The Labute approximate surface area is 240 Å². The number of hydrogen-bond acceptors (Lipinski definition) is 8. The quantitative estimate of drug-likeness (QED) is 0.180. The van der Waals surface area contributed by atoms with Gasteiger partial charge in [0.05, 0.1) is 30.4 Å². The van der Waals surface area contributed by atoms with Gasteiger partial charge in [-0.15, -0.1) is 5.10 Å². The average molecular weight is 622 g/mol. The van der Waals surface area contributed by atoms with E-state index in [0.29, 0.717) is 62.3 Å². The molecule has 0 amide bonds. The number of hydrogen-bond donors (Lipinski definition) is 1. The van der Waals surface area contributed by atoms with E-state index in [1.165, 1.54) is 11.8 Å². The number of methoxy groups -OCH3 is 1. The molecule has 202 valence electrons. The lowest BCUT2D eigenvalue weighted by atomic mass is 9.95. The van der Waals surface area contributed by atoms with Gasteiger partial charge in [0, 0.05) is 16.5 Å². The summed E-state index contributed by atoms with van der Waals surface area (Å²) in [6.07, 6.45) is 1.58. The molecule has 2 aromatic carbocycles. The second kappa shape index (κ2) is 12.9. The Bertz CT molecular complexity index is 1350. The van der Waals surface area contributed by atoms with Crippen LogP contribution in [0, 0.1) is 0 Å². The van der Waals surface area contributed by atoms with Gasteiger partial charge in [0.1, 0.15) is 6.04 Å². The largest absolute Gasteiger partial charge is 0.493 e. The molecule has 3 aromatic rings. The van der Waals surface area contributed by atoms with Crippen molar-refractivity contribution in [2.45, 2.75) is 50.6 Å². The van der Waals surface area contributed by atoms with Crippen LogP contribution >= 0.6 is 39.3 Å². The lowest BCUT2D eigenvalue weighted by molar-refractivity contribution is -0.139. The first kappa shape index (κ1) is 28.3. The molecule has 1 N–H and O–H groups in total. The zero-order chi connectivity index (χ0) is 27.2. The molecule has 0 spiro atoms. The van der Waals surface area contributed by atoms with Crippen LogP contribution in [-0.4, -0.2) is 41.1 Å². The first-order valence-electron chi connectivity index (χ1n) is 12.4. The molecule has 11 heteroatoms. The van der Waals surface area contributed by atoms with Crippen molar-refractivity contribution in [2.24, 2.45) is 0 Å². The second-order valence-corrected chi connectivity index (χ2v) is 10.8. The number of carbonyl (C=O) groups is 1. The summed E-state index contributed by atoms with van der Waals surface area (Å²) in [5, 5.41) is 9.28. The molecule has 2 heterocycles. The number of rotatable bonds is 11. The summed E-state index contributed by atoms with van der Waals surface area (Å²) in [6, 6.07) is 10.9. The minimum Gasteiger partial charge on any atom is -0.493 e. The van der Waals surface area contributed by atoms with Crippen LogP contribution in [0.25, 0.3) is 0 Å². The zero-order valence-electron chi connectivity index (χ0n) is 21.7. The van der Waals surface area contributed by atoms with Crippen LogP contribution in [0.15, 0.2) is 57.3 Å². The number of ether oxygens (including phenoxy) is 3. The molecule has 0 radical (unpaired) electrons. The van der Waals surface area contributed by atoms with Crippen LogP contribution in [0.5, 0.6) is 11.5 Å². The number of allylic oxidation sites excluding steroid dienone is 1. The Balaban J connectivity index is 1.76. The van der Waals surface area contributed by atoms with Gasteiger partial charge in [-0.3, -0.25) is 0 Å². The van der Waals surface area contributed by atoms with Crippen molar-refractivity contribution in [1.29, 1.82) is 0 Å². The number of anilines is 1. The molecule has 0 fully saturated rings. The van der Waals surface area contributed by atoms with Crippen molar-refractivity contribution < 1.29 is 19.0 Å². The lowest BCUT2D eigenvalue weighted by Crippen LogP contribution is -2.30. The summed E-state index contributed by atoms with van der Waals surface area (Å²) in [6.45, 7) is 6.71. The number of halogens is 2. The number of nitrogens with zero attached hydrogens (tertiary/aromatic N) is 3. The summed E-state index contributed by atoms with van der Waals surface area (Å²) in [5.74, 6) is 1.89. The van der Waals surface area contributed by atoms with Crippen molar-refractivity contribution in [3.05, 3.63) is 68.3 Å². The Morgan fingerprint density at radius 2 is 1.97 bits per heavy atom. The van der Waals surface area contributed by atoms with Crippen LogP contribution in [0.1, 0.15) is 50.8 Å². The number of benzene rings is 2. The molecule has 38 heavy (non-hydrogen) atoms. The number of fused-ring (bicyclic) bond motifs is 1. The Kier molecular flexibility index (Phi) is 9.62. The number of thioether (sulfide) groups is 1. The molecule has 1 unspecified atom stereocenters. The van der Waals surface area contributed by atoms with E-state index >= 15 is 0 Å². The van der Waals surface area contributed by atoms with Crippen molar-refractivity contribution in [2.75, 3.05) is 25.6 Å². The van der Waals surface area contributed by atoms with Crippen molar-refractivity contribution >= 4 is 51.2 Å². The molecule has 1 atom stereocenters. The predicted octanol–water partition coefficient (Wildman–Crippen LogP) is 7.03. The Morgan fingerprint density at radius 1 is 1.21 bits per heavy atom. The zero-order valence-corrected chi connectivity index (χ0v) is 24.9. The SMILES string of the molecule is CCCOC(=O)C1=C(C)Nc2nc(SCc3ccccc3Cl)nn2C1c1cc(Br)c(OCCC)c(OC)c1. The van der Waals surface area contributed by atoms with E-state index in [1.54, 1.807) is 11.8 Å². The molecular weight excluding hydrogens is 592 g/mol. The van der Waals surface area contributed by atoms with Crippen LogP contribution in [0.2, 0.25) is 5.02 Å². The van der Waals surface area contributed by atoms with E-state index in [2.05, 4.69) is 21.2 Å². The molecule has 0 aliphatic carbocycles. The molecular formula is C27H30BrClN4O4S. The van der Waals surface area contributed by atoms with E-state index in [9.17, 15) is 4.79 Å². The van der Waals surface area contributed by atoms with Gasteiger partial charge in [-0.05, 0) is 65.0 Å². The molecule has 0 saturated carbocycles. The first-order valence-corrected chi connectivity index (χ1v) is 14.5. The van der Waals surface area contributed by atoms with E-state index in [0.717, 1.165) is 24.0 Å². The maximum absolute atomic E-state index is 13.3. The average Bonchev–Trinajstić information content (AvgIpc) is 3.31. The molecule has 1 aromatic heterocycles. The molecule has 0 saturated heterocycles. The summed E-state index contributed by atoms with van der Waals surface area (Å²) in [5.41, 5.74) is 2.87. The molecule has 0 bridgehead atoms. The highest BCUT2D eigenvalue weighted by molar-refractivity contribution is 9.10. The minimum atomic E-state index is -0.594. The number of nitrogens with one attached hydrogen (secondary N) is 1. The van der Waals surface area contributed by atoms with Gasteiger partial charge in [-0.2, -0.15) is 4.98 Å². The third-order valence-electron chi connectivity index (χ3n) is 5.82. The van der Waals surface area contributed by atoms with E-state index in [-0.39, 0.29) is 0 Å². The van der Waals surface area contributed by atoms with Gasteiger partial charge in [-0.1, -0.05) is 55.4 Å². The van der Waals surface area contributed by atoms with Crippen molar-refractivity contribution in [3.8, 4) is 11.5 Å². The van der Waals surface area contributed by atoms with Gasteiger partial charge in [0.2, 0.25) is 11.1 Å². The standard InChI is InChI=1S/C27H30BrClN4O4S/c1-5-11-36-24-19(28)13-18(14-21(24)35-4)23-22(25(34)37-12-6-2)16(3)30-26-31-27(32-33(23)26)38-15-17-9-7-8-10-20(17)29/h7-10,13-14,23H,5-6,11-12,15H2,1-4H3,(H,30,31,32). The molecule has 4 rings (SSSR count). The monoisotopic (exact) mass is 620 g/mol. The first-order chi connectivity index (χ1) is 18.4. The summed E-state index contributed by atoms with van der Waals surface area (Å²) < 4.78 is 19.6. The van der Waals surface area contributed by atoms with Crippen molar-refractivity contribution in [3.63, 3.8) is 0 Å². The minimum absolute atomic E-state index is 0.322. The molecule has 8 nitrogen and oxygen atoms in total. The normalized spacial score (nSPS) is 14.6. The van der Waals surface area contributed by atoms with Crippen LogP contribution < -0.4 is 14.8 Å². The van der Waals surface area contributed by atoms with E-state index in [1.807, 2.05) is 57.2 Å². The van der Waals surface area contributed by atoms with Gasteiger partial charge < -0.3 is 19.5 Å². The third-order valence-corrected chi connectivity index (χ3v) is 7.67. The topological polar surface area (TPSA) is 87.5 Å². The molecule has 1 aliphatic rings. The van der Waals surface area contributed by atoms with Gasteiger partial charge in [0.15, 0.2) is 11.5 Å². The fraction of sp³-hybridized carbons (Fsp3) is 0.370. The lowest BCUT2D eigenvalue weighted by Gasteiger charge is -2.28. The Hall–Kier alpha value is -2.69. The summed E-state index contributed by atoms with van der Waals surface area (Å²) in [7, 11) is 1.59.